The van der Waals surface area contributed by atoms with E-state index in [1.165, 1.54) is 16.9 Å². The number of nitrogens with zero attached hydrogens (tertiary/aromatic N) is 4. The molecule has 162 valence electrons. The Labute approximate surface area is 189 Å². The van der Waals surface area contributed by atoms with Crippen LogP contribution in [0.1, 0.15) is 23.1 Å². The molecule has 0 spiro atoms. The van der Waals surface area contributed by atoms with Gasteiger partial charge >= 0.3 is 0 Å². The first kappa shape index (κ1) is 20.4. The van der Waals surface area contributed by atoms with E-state index in [2.05, 4.69) is 47.4 Å². The second-order valence-electron chi connectivity index (χ2n) is 8.22. The second-order valence-corrected chi connectivity index (χ2v) is 9.06. The molecule has 0 radical (unpaired) electrons. The van der Waals surface area contributed by atoms with Crippen LogP contribution in [0.2, 0.25) is 0 Å². The number of carbonyl (C=O) groups is 2. The number of likely N-dealkylation sites (tertiary alicyclic amines) is 1. The predicted molar refractivity (Wildman–Crippen MR) is 124 cm³/mol. The van der Waals surface area contributed by atoms with E-state index in [1.807, 2.05) is 35.7 Å². The number of hydrogen-bond acceptors (Lipinski definition) is 5. The first-order valence-corrected chi connectivity index (χ1v) is 11.4. The number of amides is 2. The van der Waals surface area contributed by atoms with Crippen molar-refractivity contribution in [3.8, 4) is 11.3 Å². The van der Waals surface area contributed by atoms with Crippen LogP contribution >= 0.6 is 11.3 Å². The maximum absolute atomic E-state index is 12.8. The molecule has 0 saturated carbocycles. The Morgan fingerprint density at radius 1 is 1.19 bits per heavy atom. The molecule has 1 aliphatic heterocycles. The van der Waals surface area contributed by atoms with Gasteiger partial charge in [0.15, 0.2) is 0 Å². The maximum Gasteiger partial charge on any atom is 0.250 e. The summed E-state index contributed by atoms with van der Waals surface area (Å²) in [5.41, 5.74) is 5.45. The molecule has 4 aromatic rings. The predicted octanol–water partition coefficient (Wildman–Crippen LogP) is 4.06. The highest BCUT2D eigenvalue weighted by atomic mass is 32.1. The molecule has 1 N–H and O–H groups in total. The average Bonchev–Trinajstić information content (AvgIpc) is 3.44. The molecule has 2 aromatic heterocycles. The Kier molecular flexibility index (Phi) is 5.22. The SMILES string of the molecule is Cc1ccc(-c2csc3nc(NC(=O)C4CC(=O)N(Cc5ccccc5)C4)nn23)c(C)c1. The number of aromatic nitrogens is 3. The summed E-state index contributed by atoms with van der Waals surface area (Å²) in [6.45, 7) is 5.05. The molecular formula is C24H23N5O2S. The number of anilines is 1. The lowest BCUT2D eigenvalue weighted by molar-refractivity contribution is -0.128. The molecule has 7 nitrogen and oxygen atoms in total. The van der Waals surface area contributed by atoms with Gasteiger partial charge in [-0.3, -0.25) is 14.9 Å². The van der Waals surface area contributed by atoms with E-state index in [0.29, 0.717) is 18.1 Å². The highest BCUT2D eigenvalue weighted by Gasteiger charge is 2.34. The molecule has 5 rings (SSSR count). The van der Waals surface area contributed by atoms with Crippen molar-refractivity contribution in [1.82, 2.24) is 19.5 Å². The fourth-order valence-electron chi connectivity index (χ4n) is 4.14. The van der Waals surface area contributed by atoms with Gasteiger partial charge in [0, 0.05) is 30.5 Å². The van der Waals surface area contributed by atoms with Gasteiger partial charge in [0.05, 0.1) is 11.6 Å². The van der Waals surface area contributed by atoms with Crippen molar-refractivity contribution in [2.75, 3.05) is 11.9 Å². The van der Waals surface area contributed by atoms with Gasteiger partial charge in [0.1, 0.15) is 0 Å². The van der Waals surface area contributed by atoms with Gasteiger partial charge in [-0.2, -0.15) is 4.98 Å². The summed E-state index contributed by atoms with van der Waals surface area (Å²) < 4.78 is 1.76. The third-order valence-electron chi connectivity index (χ3n) is 5.78. The Hall–Kier alpha value is -3.52. The summed E-state index contributed by atoms with van der Waals surface area (Å²) in [7, 11) is 0. The highest BCUT2D eigenvalue weighted by Crippen LogP contribution is 2.29. The number of hydrogen-bond donors (Lipinski definition) is 1. The number of benzene rings is 2. The molecule has 2 aromatic carbocycles. The molecule has 0 bridgehead atoms. The van der Waals surface area contributed by atoms with Crippen molar-refractivity contribution in [2.24, 2.45) is 5.92 Å². The number of thiazole rings is 1. The zero-order chi connectivity index (χ0) is 22.2. The van der Waals surface area contributed by atoms with Gasteiger partial charge in [-0.15, -0.1) is 16.4 Å². The number of fused-ring (bicyclic) bond motifs is 1. The maximum atomic E-state index is 12.8. The lowest BCUT2D eigenvalue weighted by Gasteiger charge is -2.16. The Bertz CT molecular complexity index is 1310. The van der Waals surface area contributed by atoms with Gasteiger partial charge in [0.25, 0.3) is 0 Å². The largest absolute Gasteiger partial charge is 0.338 e. The van der Waals surface area contributed by atoms with Crippen molar-refractivity contribution in [3.63, 3.8) is 0 Å². The first-order valence-electron chi connectivity index (χ1n) is 10.5. The summed E-state index contributed by atoms with van der Waals surface area (Å²) in [6, 6.07) is 16.1. The van der Waals surface area contributed by atoms with Crippen molar-refractivity contribution in [2.45, 2.75) is 26.8 Å². The standard InChI is InChI=1S/C24H23N5O2S/c1-15-8-9-19(16(2)10-15)20-14-32-24-26-23(27-29(20)24)25-22(31)18-11-21(30)28(13-18)12-17-6-4-3-5-7-17/h3-10,14,18H,11-13H2,1-2H3,(H,25,27,31). The minimum atomic E-state index is -0.411. The quantitative estimate of drug-likeness (QED) is 0.502. The molecule has 1 fully saturated rings. The van der Waals surface area contributed by atoms with Gasteiger partial charge in [-0.05, 0) is 25.0 Å². The molecule has 0 aliphatic carbocycles. The topological polar surface area (TPSA) is 79.6 Å². The summed E-state index contributed by atoms with van der Waals surface area (Å²) in [6.07, 6.45) is 0.203. The molecule has 32 heavy (non-hydrogen) atoms. The van der Waals surface area contributed by atoms with Crippen LogP contribution in [-0.2, 0) is 16.1 Å². The third kappa shape index (κ3) is 3.89. The Morgan fingerprint density at radius 2 is 2.00 bits per heavy atom. The van der Waals surface area contributed by atoms with Crippen molar-refractivity contribution in [1.29, 1.82) is 0 Å². The van der Waals surface area contributed by atoms with E-state index in [9.17, 15) is 9.59 Å². The van der Waals surface area contributed by atoms with Crippen LogP contribution in [0.15, 0.2) is 53.9 Å². The number of nitrogens with one attached hydrogen (secondary N) is 1. The Balaban J connectivity index is 1.30. The fourth-order valence-corrected chi connectivity index (χ4v) is 4.96. The van der Waals surface area contributed by atoms with Crippen LogP contribution in [0.25, 0.3) is 16.2 Å². The summed E-state index contributed by atoms with van der Waals surface area (Å²) in [5, 5.41) is 9.35. The average molecular weight is 446 g/mol. The lowest BCUT2D eigenvalue weighted by atomic mass is 10.0. The van der Waals surface area contributed by atoms with Crippen LogP contribution in [0, 0.1) is 19.8 Å². The molecule has 1 atom stereocenters. The van der Waals surface area contributed by atoms with Crippen molar-refractivity contribution < 1.29 is 9.59 Å². The minimum Gasteiger partial charge on any atom is -0.338 e. The van der Waals surface area contributed by atoms with E-state index >= 15 is 0 Å². The van der Waals surface area contributed by atoms with Crippen molar-refractivity contribution >= 4 is 34.1 Å². The molecule has 1 saturated heterocycles. The zero-order valence-electron chi connectivity index (χ0n) is 17.9. The van der Waals surface area contributed by atoms with Crippen LogP contribution in [0.5, 0.6) is 0 Å². The monoisotopic (exact) mass is 445 g/mol. The third-order valence-corrected chi connectivity index (χ3v) is 6.59. The summed E-state index contributed by atoms with van der Waals surface area (Å²) >= 11 is 1.48. The highest BCUT2D eigenvalue weighted by molar-refractivity contribution is 7.15. The molecule has 1 aliphatic rings. The number of carbonyl (C=O) groups excluding carboxylic acids is 2. The van der Waals surface area contributed by atoms with Gasteiger partial charge in [-0.1, -0.05) is 54.1 Å². The van der Waals surface area contributed by atoms with E-state index in [1.54, 1.807) is 9.42 Å². The van der Waals surface area contributed by atoms with E-state index in [4.69, 9.17) is 0 Å². The van der Waals surface area contributed by atoms with Crippen LogP contribution < -0.4 is 5.32 Å². The first-order chi connectivity index (χ1) is 15.5. The van der Waals surface area contributed by atoms with E-state index < -0.39 is 5.92 Å². The van der Waals surface area contributed by atoms with Crippen LogP contribution in [-0.4, -0.2) is 37.9 Å². The summed E-state index contributed by atoms with van der Waals surface area (Å²) in [4.78, 5) is 32.2. The minimum absolute atomic E-state index is 0.00933. The normalized spacial score (nSPS) is 16.1. The lowest BCUT2D eigenvalue weighted by Crippen LogP contribution is -2.28. The van der Waals surface area contributed by atoms with E-state index in [-0.39, 0.29) is 24.2 Å². The van der Waals surface area contributed by atoms with Crippen molar-refractivity contribution in [3.05, 3.63) is 70.6 Å². The zero-order valence-corrected chi connectivity index (χ0v) is 18.7. The second kappa shape index (κ2) is 8.20. The van der Waals surface area contributed by atoms with Crippen LogP contribution in [0.3, 0.4) is 0 Å². The number of aryl methyl sites for hydroxylation is 2. The van der Waals surface area contributed by atoms with Gasteiger partial charge < -0.3 is 4.90 Å². The summed E-state index contributed by atoms with van der Waals surface area (Å²) in [5.74, 6) is -0.376. The fraction of sp³-hybridized carbons (Fsp3) is 0.250. The number of rotatable bonds is 5. The molecule has 1 unspecified atom stereocenters. The van der Waals surface area contributed by atoms with Gasteiger partial charge in [-0.25, -0.2) is 4.52 Å². The van der Waals surface area contributed by atoms with Gasteiger partial charge in [0.2, 0.25) is 22.7 Å². The molecule has 3 heterocycles. The molecule has 8 heteroatoms. The Morgan fingerprint density at radius 3 is 2.78 bits per heavy atom. The molecule has 2 amide bonds. The van der Waals surface area contributed by atoms with Crippen LogP contribution in [0.4, 0.5) is 5.95 Å². The molecular weight excluding hydrogens is 422 g/mol. The smallest absolute Gasteiger partial charge is 0.250 e. The van der Waals surface area contributed by atoms with E-state index in [0.717, 1.165) is 22.4 Å².